The minimum atomic E-state index is -0.144. The fourth-order valence-electron chi connectivity index (χ4n) is 2.25. The van der Waals surface area contributed by atoms with Crippen LogP contribution in [0, 0.1) is 0 Å². The average molecular weight is 325 g/mol. The SMILES string of the molecule is COc1ccc(/C=C2/NC(=S)N(Cc3ccccc3)C2=O)cn1. The summed E-state index contributed by atoms with van der Waals surface area (Å²) in [4.78, 5) is 18.2. The topological polar surface area (TPSA) is 54.5 Å². The lowest BCUT2D eigenvalue weighted by molar-refractivity contribution is -0.122. The van der Waals surface area contributed by atoms with Crippen LogP contribution in [0.25, 0.3) is 6.08 Å². The smallest absolute Gasteiger partial charge is 0.276 e. The summed E-state index contributed by atoms with van der Waals surface area (Å²) in [7, 11) is 1.56. The molecule has 1 N–H and O–H groups in total. The average Bonchev–Trinajstić information content (AvgIpc) is 2.84. The molecular formula is C17H15N3O2S. The predicted octanol–water partition coefficient (Wildman–Crippen LogP) is 2.35. The Hall–Kier alpha value is -2.73. The second-order valence-corrected chi connectivity index (χ2v) is 5.39. The fourth-order valence-corrected chi connectivity index (χ4v) is 2.50. The Kier molecular flexibility index (Phi) is 4.34. The number of methoxy groups -OCH3 is 1. The van der Waals surface area contributed by atoms with Gasteiger partial charge in [-0.05, 0) is 35.5 Å². The van der Waals surface area contributed by atoms with E-state index in [0.717, 1.165) is 11.1 Å². The van der Waals surface area contributed by atoms with Gasteiger partial charge in [0.15, 0.2) is 5.11 Å². The van der Waals surface area contributed by atoms with Crippen molar-refractivity contribution in [2.75, 3.05) is 7.11 Å². The summed E-state index contributed by atoms with van der Waals surface area (Å²) in [6.45, 7) is 0.448. The molecule has 116 valence electrons. The Labute approximate surface area is 139 Å². The number of nitrogens with zero attached hydrogens (tertiary/aromatic N) is 2. The summed E-state index contributed by atoms with van der Waals surface area (Å²) in [6, 6.07) is 13.3. The number of hydrogen-bond donors (Lipinski definition) is 1. The highest BCUT2D eigenvalue weighted by Gasteiger charge is 2.30. The van der Waals surface area contributed by atoms with Crippen LogP contribution in [0.15, 0.2) is 54.4 Å². The molecule has 1 fully saturated rings. The highest BCUT2D eigenvalue weighted by Crippen LogP contribution is 2.17. The van der Waals surface area contributed by atoms with E-state index in [2.05, 4.69) is 10.3 Å². The van der Waals surface area contributed by atoms with E-state index in [9.17, 15) is 4.79 Å². The van der Waals surface area contributed by atoms with Crippen molar-refractivity contribution in [3.63, 3.8) is 0 Å². The van der Waals surface area contributed by atoms with Gasteiger partial charge in [0.1, 0.15) is 5.70 Å². The van der Waals surface area contributed by atoms with E-state index in [1.807, 2.05) is 36.4 Å². The lowest BCUT2D eigenvalue weighted by Gasteiger charge is -2.13. The molecule has 0 saturated carbocycles. The first-order valence-corrected chi connectivity index (χ1v) is 7.47. The number of carbonyl (C=O) groups excluding carboxylic acids is 1. The third-order valence-electron chi connectivity index (χ3n) is 3.43. The van der Waals surface area contributed by atoms with Gasteiger partial charge in [-0.25, -0.2) is 4.98 Å². The predicted molar refractivity (Wildman–Crippen MR) is 91.5 cm³/mol. The van der Waals surface area contributed by atoms with Crippen LogP contribution in [0.1, 0.15) is 11.1 Å². The Balaban J connectivity index is 1.78. The molecule has 6 heteroatoms. The fraction of sp³-hybridized carbons (Fsp3) is 0.118. The van der Waals surface area contributed by atoms with Crippen molar-refractivity contribution < 1.29 is 9.53 Å². The van der Waals surface area contributed by atoms with Gasteiger partial charge in [-0.3, -0.25) is 9.69 Å². The van der Waals surface area contributed by atoms with Gasteiger partial charge in [0, 0.05) is 12.3 Å². The maximum atomic E-state index is 12.5. The highest BCUT2D eigenvalue weighted by molar-refractivity contribution is 7.80. The number of rotatable bonds is 4. The largest absolute Gasteiger partial charge is 0.481 e. The van der Waals surface area contributed by atoms with Crippen LogP contribution in [-0.4, -0.2) is 28.0 Å². The molecule has 1 amide bonds. The zero-order valence-electron chi connectivity index (χ0n) is 12.5. The second-order valence-electron chi connectivity index (χ2n) is 5.00. The van der Waals surface area contributed by atoms with Gasteiger partial charge in [-0.2, -0.15) is 0 Å². The summed E-state index contributed by atoms with van der Waals surface area (Å²) < 4.78 is 5.02. The molecule has 1 aromatic heterocycles. The van der Waals surface area contributed by atoms with Crippen LogP contribution >= 0.6 is 12.2 Å². The summed E-state index contributed by atoms with van der Waals surface area (Å²) in [5.74, 6) is 0.383. The zero-order valence-corrected chi connectivity index (χ0v) is 13.3. The molecule has 1 aliphatic heterocycles. The van der Waals surface area contributed by atoms with Crippen molar-refractivity contribution in [2.24, 2.45) is 0 Å². The normalized spacial score (nSPS) is 15.9. The number of hydrogen-bond acceptors (Lipinski definition) is 4. The first-order chi connectivity index (χ1) is 11.2. The van der Waals surface area contributed by atoms with Gasteiger partial charge in [0.25, 0.3) is 5.91 Å². The van der Waals surface area contributed by atoms with Gasteiger partial charge in [0.05, 0.1) is 13.7 Å². The van der Waals surface area contributed by atoms with Gasteiger partial charge in [-0.15, -0.1) is 0 Å². The standard InChI is InChI=1S/C17H15N3O2S/c1-22-15-8-7-13(10-18-15)9-14-16(21)20(17(23)19-14)11-12-5-3-2-4-6-12/h2-10H,11H2,1H3,(H,19,23)/b14-9+. The number of pyridine rings is 1. The lowest BCUT2D eigenvalue weighted by Crippen LogP contribution is -2.29. The highest BCUT2D eigenvalue weighted by atomic mass is 32.1. The van der Waals surface area contributed by atoms with Crippen LogP contribution in [0.2, 0.25) is 0 Å². The number of aromatic nitrogens is 1. The number of benzene rings is 1. The zero-order chi connectivity index (χ0) is 16.2. The van der Waals surface area contributed by atoms with Crippen LogP contribution < -0.4 is 10.1 Å². The molecule has 1 saturated heterocycles. The molecule has 0 spiro atoms. The molecule has 0 aliphatic carbocycles. The van der Waals surface area contributed by atoms with Crippen molar-refractivity contribution in [3.05, 3.63) is 65.5 Å². The summed E-state index contributed by atoms with van der Waals surface area (Å²) >= 11 is 5.27. The third-order valence-corrected chi connectivity index (χ3v) is 3.75. The van der Waals surface area contributed by atoms with Crippen LogP contribution in [0.5, 0.6) is 5.88 Å². The molecule has 2 aromatic rings. The van der Waals surface area contributed by atoms with Crippen LogP contribution in [0.4, 0.5) is 0 Å². The summed E-state index contributed by atoms with van der Waals surface area (Å²) in [5.41, 5.74) is 2.27. The van der Waals surface area contributed by atoms with Gasteiger partial charge >= 0.3 is 0 Å². The quantitative estimate of drug-likeness (QED) is 0.691. The van der Waals surface area contributed by atoms with E-state index < -0.39 is 0 Å². The van der Waals surface area contributed by atoms with E-state index in [1.54, 1.807) is 30.3 Å². The monoisotopic (exact) mass is 325 g/mol. The lowest BCUT2D eigenvalue weighted by atomic mass is 10.2. The van der Waals surface area contributed by atoms with Crippen LogP contribution in [-0.2, 0) is 11.3 Å². The Morgan fingerprint density at radius 1 is 1.26 bits per heavy atom. The van der Waals surface area contributed by atoms with E-state index in [1.165, 1.54) is 0 Å². The number of thiocarbonyl (C=S) groups is 1. The minimum absolute atomic E-state index is 0.144. The number of nitrogens with one attached hydrogen (secondary N) is 1. The number of carbonyl (C=O) groups is 1. The Morgan fingerprint density at radius 3 is 2.70 bits per heavy atom. The van der Waals surface area contributed by atoms with Gasteiger partial charge < -0.3 is 10.1 Å². The van der Waals surface area contributed by atoms with Crippen molar-refractivity contribution in [3.8, 4) is 5.88 Å². The number of ether oxygens (including phenoxy) is 1. The Bertz CT molecular complexity index is 757. The summed E-state index contributed by atoms with van der Waals surface area (Å²) in [5, 5.41) is 3.37. The van der Waals surface area contributed by atoms with Crippen molar-refractivity contribution in [1.82, 2.24) is 15.2 Å². The van der Waals surface area contributed by atoms with Crippen molar-refractivity contribution in [1.29, 1.82) is 0 Å². The maximum Gasteiger partial charge on any atom is 0.276 e. The maximum absolute atomic E-state index is 12.5. The minimum Gasteiger partial charge on any atom is -0.481 e. The molecule has 5 nitrogen and oxygen atoms in total. The van der Waals surface area contributed by atoms with E-state index >= 15 is 0 Å². The molecule has 23 heavy (non-hydrogen) atoms. The van der Waals surface area contributed by atoms with Crippen molar-refractivity contribution in [2.45, 2.75) is 6.54 Å². The molecule has 0 radical (unpaired) electrons. The molecule has 0 atom stereocenters. The molecule has 3 rings (SSSR count). The van der Waals surface area contributed by atoms with Crippen LogP contribution in [0.3, 0.4) is 0 Å². The molecule has 2 heterocycles. The first-order valence-electron chi connectivity index (χ1n) is 7.06. The second kappa shape index (κ2) is 6.58. The molecule has 0 bridgehead atoms. The Morgan fingerprint density at radius 2 is 2.04 bits per heavy atom. The van der Waals surface area contributed by atoms with E-state index in [-0.39, 0.29) is 5.91 Å². The van der Waals surface area contributed by atoms with E-state index in [0.29, 0.717) is 23.2 Å². The van der Waals surface area contributed by atoms with Gasteiger partial charge in [0.2, 0.25) is 5.88 Å². The molecular weight excluding hydrogens is 310 g/mol. The molecule has 1 aromatic carbocycles. The molecule has 0 unspecified atom stereocenters. The van der Waals surface area contributed by atoms with Gasteiger partial charge in [-0.1, -0.05) is 30.3 Å². The van der Waals surface area contributed by atoms with Crippen molar-refractivity contribution >= 4 is 29.3 Å². The summed E-state index contributed by atoms with van der Waals surface area (Å²) in [6.07, 6.45) is 3.37. The third kappa shape index (κ3) is 3.37. The van der Waals surface area contributed by atoms with E-state index in [4.69, 9.17) is 17.0 Å². The first kappa shape index (κ1) is 15.2. The number of amides is 1. The molecule has 1 aliphatic rings.